The molecule has 0 bridgehead atoms. The van der Waals surface area contributed by atoms with E-state index in [1.165, 1.54) is 42.5 Å². The molecule has 0 radical (unpaired) electrons. The van der Waals surface area contributed by atoms with Gasteiger partial charge in [-0.1, -0.05) is 6.07 Å². The maximum atomic E-state index is 11.7. The first-order valence-electron chi connectivity index (χ1n) is 6.93. The molecule has 0 aliphatic heterocycles. The normalized spacial score (nSPS) is 9.78. The van der Waals surface area contributed by atoms with Gasteiger partial charge in [-0.2, -0.15) is 9.98 Å². The van der Waals surface area contributed by atoms with Crippen LogP contribution in [-0.4, -0.2) is 23.4 Å². The van der Waals surface area contributed by atoms with Crippen LogP contribution in [0.3, 0.4) is 0 Å². The molecule has 0 heterocycles. The second-order valence-electron chi connectivity index (χ2n) is 4.68. The maximum Gasteiger partial charge on any atom is 0.573 e. The van der Waals surface area contributed by atoms with Crippen LogP contribution in [0.4, 0.5) is 30.2 Å². The fourth-order valence-electron chi connectivity index (χ4n) is 1.69. The highest BCUT2D eigenvalue weighted by molar-refractivity contribution is 5.56. The molecule has 0 aliphatic rings. The van der Waals surface area contributed by atoms with Crippen LogP contribution in [0.15, 0.2) is 52.4 Å². The topological polar surface area (TPSA) is 111 Å². The van der Waals surface area contributed by atoms with Gasteiger partial charge in [0, 0.05) is 11.6 Å². The molecular weight excluding hydrogens is 371 g/mol. The van der Waals surface area contributed by atoms with E-state index in [-0.39, 0.29) is 22.8 Å². The standard InChI is InChI=1S/C8H4F3NO2.C8H6N2O3/c9-8(10,11)14-7-3-1-6(2-4-7)12-5-13;1-6-2-3-7(9-5-11)4-8(6)10(12)13/h1-4H;2-4H,1H3. The second kappa shape index (κ2) is 9.62. The van der Waals surface area contributed by atoms with Crippen molar-refractivity contribution in [1.29, 1.82) is 0 Å². The van der Waals surface area contributed by atoms with Crippen LogP contribution in [-0.2, 0) is 9.59 Å². The lowest BCUT2D eigenvalue weighted by molar-refractivity contribution is -0.385. The summed E-state index contributed by atoms with van der Waals surface area (Å²) in [5.74, 6) is -0.359. The average molecular weight is 381 g/mol. The highest BCUT2D eigenvalue weighted by Gasteiger charge is 2.30. The molecule has 2 rings (SSSR count). The second-order valence-corrected chi connectivity index (χ2v) is 4.68. The van der Waals surface area contributed by atoms with Crippen LogP contribution in [0.5, 0.6) is 5.75 Å². The van der Waals surface area contributed by atoms with Crippen LogP contribution in [0, 0.1) is 17.0 Å². The number of nitrogens with zero attached hydrogens (tertiary/aromatic N) is 3. The molecular formula is C16H10F3N3O5. The SMILES string of the molecule is Cc1ccc(N=C=O)cc1[N+](=O)[O-].O=C=Nc1ccc(OC(F)(F)F)cc1. The fraction of sp³-hybridized carbons (Fsp3) is 0.125. The van der Waals surface area contributed by atoms with Crippen molar-refractivity contribution in [1.82, 2.24) is 0 Å². The lowest BCUT2D eigenvalue weighted by atomic mass is 10.2. The molecule has 0 spiro atoms. The van der Waals surface area contributed by atoms with Crippen LogP contribution in [0.2, 0.25) is 0 Å². The van der Waals surface area contributed by atoms with E-state index in [2.05, 4.69) is 14.7 Å². The van der Waals surface area contributed by atoms with Crippen molar-refractivity contribution >= 4 is 29.2 Å². The van der Waals surface area contributed by atoms with E-state index in [0.29, 0.717) is 5.56 Å². The molecule has 0 saturated carbocycles. The van der Waals surface area contributed by atoms with Gasteiger partial charge in [-0.05, 0) is 37.3 Å². The van der Waals surface area contributed by atoms with Gasteiger partial charge in [-0.25, -0.2) is 9.59 Å². The number of halogens is 3. The molecule has 2 aromatic rings. The van der Waals surface area contributed by atoms with Crippen molar-refractivity contribution in [2.45, 2.75) is 13.3 Å². The Bertz CT molecular complexity index is 901. The minimum absolute atomic E-state index is 0.0449. The van der Waals surface area contributed by atoms with Crippen molar-refractivity contribution in [3.05, 3.63) is 58.1 Å². The molecule has 0 aromatic heterocycles. The summed E-state index contributed by atoms with van der Waals surface area (Å²) in [6.07, 6.45) is -2.13. The molecule has 0 amide bonds. The Balaban J connectivity index is 0.000000271. The largest absolute Gasteiger partial charge is 0.573 e. The Morgan fingerprint density at radius 1 is 1.00 bits per heavy atom. The third kappa shape index (κ3) is 7.74. The van der Waals surface area contributed by atoms with E-state index in [1.807, 2.05) is 0 Å². The molecule has 0 aliphatic carbocycles. The smallest absolute Gasteiger partial charge is 0.406 e. The van der Waals surface area contributed by atoms with Crippen molar-refractivity contribution in [3.63, 3.8) is 0 Å². The monoisotopic (exact) mass is 381 g/mol. The molecule has 0 N–H and O–H groups in total. The summed E-state index contributed by atoms with van der Waals surface area (Å²) in [6, 6.07) is 8.84. The first-order chi connectivity index (χ1) is 12.7. The van der Waals surface area contributed by atoms with Crippen molar-refractivity contribution in [3.8, 4) is 5.75 Å². The summed E-state index contributed by atoms with van der Waals surface area (Å²) in [4.78, 5) is 36.1. The quantitative estimate of drug-likeness (QED) is 0.337. The van der Waals surface area contributed by atoms with Gasteiger partial charge in [0.1, 0.15) is 5.75 Å². The first-order valence-corrected chi connectivity index (χ1v) is 6.93. The molecule has 140 valence electrons. The highest BCUT2D eigenvalue weighted by Crippen LogP contribution is 2.25. The van der Waals surface area contributed by atoms with Crippen molar-refractivity contribution in [2.75, 3.05) is 0 Å². The minimum Gasteiger partial charge on any atom is -0.406 e. The lowest BCUT2D eigenvalue weighted by Gasteiger charge is -2.07. The van der Waals surface area contributed by atoms with Crippen LogP contribution in [0.25, 0.3) is 0 Å². The van der Waals surface area contributed by atoms with Crippen molar-refractivity contribution in [2.24, 2.45) is 9.98 Å². The molecule has 11 heteroatoms. The summed E-state index contributed by atoms with van der Waals surface area (Å²) in [5, 5.41) is 10.4. The third-order valence-corrected chi connectivity index (χ3v) is 2.81. The average Bonchev–Trinajstić information content (AvgIpc) is 2.58. The van der Waals surface area contributed by atoms with E-state index in [4.69, 9.17) is 0 Å². The van der Waals surface area contributed by atoms with E-state index in [1.54, 1.807) is 6.92 Å². The molecule has 0 saturated heterocycles. The van der Waals surface area contributed by atoms with E-state index >= 15 is 0 Å². The maximum absolute atomic E-state index is 11.7. The Morgan fingerprint density at radius 2 is 1.52 bits per heavy atom. The summed E-state index contributed by atoms with van der Waals surface area (Å²) < 4.78 is 38.6. The van der Waals surface area contributed by atoms with Gasteiger partial charge >= 0.3 is 6.36 Å². The van der Waals surface area contributed by atoms with Gasteiger partial charge in [-0.3, -0.25) is 10.1 Å². The van der Waals surface area contributed by atoms with Gasteiger partial charge in [-0.15, -0.1) is 13.2 Å². The van der Waals surface area contributed by atoms with Gasteiger partial charge in [0.15, 0.2) is 0 Å². The number of hydrogen-bond donors (Lipinski definition) is 0. The predicted octanol–water partition coefficient (Wildman–Crippen LogP) is 4.42. The van der Waals surface area contributed by atoms with E-state index < -0.39 is 11.3 Å². The minimum atomic E-state index is -4.71. The van der Waals surface area contributed by atoms with Crippen LogP contribution in [0.1, 0.15) is 5.56 Å². The Hall–Kier alpha value is -3.81. The zero-order valence-electron chi connectivity index (χ0n) is 13.6. The number of nitro benzene ring substituents is 1. The predicted molar refractivity (Wildman–Crippen MR) is 86.5 cm³/mol. The number of alkyl halides is 3. The number of nitro groups is 1. The number of carbonyl (C=O) groups excluding carboxylic acids is 2. The number of aryl methyl sites for hydroxylation is 1. The lowest BCUT2D eigenvalue weighted by Crippen LogP contribution is -2.16. The number of hydrogen-bond acceptors (Lipinski definition) is 7. The summed E-state index contributed by atoms with van der Waals surface area (Å²) in [5.41, 5.74) is 0.952. The Labute approximate surface area is 149 Å². The van der Waals surface area contributed by atoms with Gasteiger partial charge in [0.2, 0.25) is 12.2 Å². The van der Waals surface area contributed by atoms with E-state index in [0.717, 1.165) is 12.1 Å². The first kappa shape index (κ1) is 21.2. The molecule has 0 atom stereocenters. The van der Waals surface area contributed by atoms with Gasteiger partial charge in [0.25, 0.3) is 5.69 Å². The third-order valence-electron chi connectivity index (χ3n) is 2.81. The van der Waals surface area contributed by atoms with Gasteiger partial charge < -0.3 is 4.74 Å². The summed E-state index contributed by atoms with van der Waals surface area (Å²) in [6.45, 7) is 1.62. The zero-order chi connectivity index (χ0) is 20.4. The molecule has 27 heavy (non-hydrogen) atoms. The Morgan fingerprint density at radius 3 is 2.00 bits per heavy atom. The number of rotatable bonds is 4. The number of aliphatic imine (C=N–C) groups is 2. The number of ether oxygens (including phenoxy) is 1. The van der Waals surface area contributed by atoms with Crippen LogP contribution < -0.4 is 4.74 Å². The fourth-order valence-corrected chi connectivity index (χ4v) is 1.69. The number of benzene rings is 2. The molecule has 2 aromatic carbocycles. The summed E-state index contributed by atoms with van der Waals surface area (Å²) >= 11 is 0. The van der Waals surface area contributed by atoms with E-state index in [9.17, 15) is 32.9 Å². The molecule has 0 fully saturated rings. The van der Waals surface area contributed by atoms with Crippen molar-refractivity contribution < 1.29 is 32.4 Å². The highest BCUT2D eigenvalue weighted by atomic mass is 19.4. The summed E-state index contributed by atoms with van der Waals surface area (Å²) in [7, 11) is 0. The molecule has 8 nitrogen and oxygen atoms in total. The zero-order valence-corrected chi connectivity index (χ0v) is 13.6. The number of isocyanates is 2. The van der Waals surface area contributed by atoms with Gasteiger partial charge in [0.05, 0.1) is 16.3 Å². The van der Waals surface area contributed by atoms with Crippen LogP contribution >= 0.6 is 0 Å². The molecule has 0 unspecified atom stereocenters. The Kier molecular flexibility index (Phi) is 7.56.